The second kappa shape index (κ2) is 20.4. The molecule has 0 heterocycles. The van der Waals surface area contributed by atoms with Gasteiger partial charge in [-0.15, -0.1) is 30.7 Å². The zero-order valence-corrected chi connectivity index (χ0v) is 43.3. The van der Waals surface area contributed by atoms with Crippen LogP contribution in [0.3, 0.4) is 0 Å². The number of nitrogens with two attached hydrogens (primary N) is 2. The van der Waals surface area contributed by atoms with Crippen LogP contribution in [0.1, 0.15) is 31.8 Å². The fourth-order valence-corrected chi connectivity index (χ4v) is 10.8. The molecule has 0 unspecified atom stereocenters. The van der Waals surface area contributed by atoms with Gasteiger partial charge in [0.15, 0.2) is 23.1 Å². The molecule has 1 aliphatic rings. The van der Waals surface area contributed by atoms with Crippen LogP contribution >= 0.6 is 0 Å². The van der Waals surface area contributed by atoms with E-state index in [1.807, 2.05) is 0 Å². The summed E-state index contributed by atoms with van der Waals surface area (Å²) in [6, 6.07) is 17.3. The molecule has 9 rings (SSSR count). The van der Waals surface area contributed by atoms with Crippen LogP contribution in [0.25, 0.3) is 21.5 Å². The summed E-state index contributed by atoms with van der Waals surface area (Å²) in [5.74, 6) is -3.57. The third kappa shape index (κ3) is 10.6. The zero-order valence-electron chi connectivity index (χ0n) is 40.1. The number of nitrogen functional groups attached to an aromatic ring is 2. The highest BCUT2D eigenvalue weighted by Crippen LogP contribution is 2.49. The van der Waals surface area contributed by atoms with Gasteiger partial charge in [-0.1, -0.05) is 0 Å². The Bertz CT molecular complexity index is 4560. The summed E-state index contributed by atoms with van der Waals surface area (Å²) in [6.07, 6.45) is 0. The highest BCUT2D eigenvalue weighted by molar-refractivity contribution is 7.86. The van der Waals surface area contributed by atoms with Gasteiger partial charge in [0.2, 0.25) is 0 Å². The number of phenols is 2. The minimum Gasteiger partial charge on any atom is -0.505 e. The Balaban J connectivity index is 1.03. The van der Waals surface area contributed by atoms with Gasteiger partial charge in [0.25, 0.3) is 51.8 Å². The number of hydrogen-bond acceptors (Lipinski definition) is 26. The van der Waals surface area contributed by atoms with Crippen LogP contribution in [0.15, 0.2) is 170 Å². The lowest BCUT2D eigenvalue weighted by Gasteiger charge is -2.17. The summed E-state index contributed by atoms with van der Waals surface area (Å²) in [6.45, 7) is 0. The number of aromatic hydroxyl groups is 2. The lowest BCUT2D eigenvalue weighted by molar-refractivity contribution is -0.385. The zero-order chi connectivity index (χ0) is 59.7. The number of anilines is 2. The van der Waals surface area contributed by atoms with E-state index >= 15 is 0 Å². The maximum atomic E-state index is 13.9. The van der Waals surface area contributed by atoms with Crippen LogP contribution in [0, 0.1) is 20.2 Å². The van der Waals surface area contributed by atoms with E-state index in [-0.39, 0.29) is 77.9 Å². The van der Waals surface area contributed by atoms with Crippen LogP contribution in [-0.4, -0.2) is 83.5 Å². The Hall–Kier alpha value is -10.3. The third-order valence-corrected chi connectivity index (χ3v) is 15.4. The number of hydrogen-bond donors (Lipinski definition) is 8. The normalized spacial score (nSPS) is 13.3. The molecule has 0 atom stereocenters. The molecule has 0 aliphatic heterocycles. The van der Waals surface area contributed by atoms with E-state index in [0.29, 0.717) is 12.1 Å². The predicted octanol–water partition coefficient (Wildman–Crippen LogP) is 9.81. The van der Waals surface area contributed by atoms with Gasteiger partial charge < -0.3 is 21.7 Å². The van der Waals surface area contributed by atoms with E-state index in [1.165, 1.54) is 0 Å². The first-order chi connectivity index (χ1) is 38.3. The van der Waals surface area contributed by atoms with Crippen molar-refractivity contribution in [3.05, 3.63) is 152 Å². The molecule has 0 amide bonds. The number of fused-ring (bicyclic) bond motifs is 4. The lowest BCUT2D eigenvalue weighted by atomic mass is 9.83. The maximum absolute atomic E-state index is 13.9. The molecule has 82 heavy (non-hydrogen) atoms. The molecule has 0 aromatic heterocycles. The summed E-state index contributed by atoms with van der Waals surface area (Å²) in [5, 5.41) is 74.8. The van der Waals surface area contributed by atoms with Crippen molar-refractivity contribution < 1.29 is 81.5 Å². The van der Waals surface area contributed by atoms with Gasteiger partial charge in [-0.3, -0.25) is 48.0 Å². The summed E-state index contributed by atoms with van der Waals surface area (Å²) >= 11 is 0. The average Bonchev–Trinajstić information content (AvgIpc) is 3.44. The minimum absolute atomic E-state index is 0.211. The average molecular weight is 1200 g/mol. The molecular weight excluding hydrogens is 1170 g/mol. The van der Waals surface area contributed by atoms with E-state index in [2.05, 4.69) is 40.9 Å². The first kappa shape index (κ1) is 56.4. The van der Waals surface area contributed by atoms with Crippen molar-refractivity contribution in [3.63, 3.8) is 0 Å². The second-order valence-electron chi connectivity index (χ2n) is 17.0. The van der Waals surface area contributed by atoms with Crippen molar-refractivity contribution in [1.29, 1.82) is 0 Å². The van der Waals surface area contributed by atoms with E-state index in [0.717, 1.165) is 97.1 Å². The molecule has 36 heteroatoms. The van der Waals surface area contributed by atoms with Gasteiger partial charge in [0.1, 0.15) is 42.3 Å². The molecule has 0 bridgehead atoms. The van der Waals surface area contributed by atoms with Crippen molar-refractivity contribution in [3.8, 4) is 11.5 Å². The number of nitrogens with zero attached hydrogens (tertiary/aromatic N) is 10. The predicted molar refractivity (Wildman–Crippen MR) is 282 cm³/mol. The number of rotatable bonds is 14. The molecule has 416 valence electrons. The Morgan fingerprint density at radius 2 is 0.720 bits per heavy atom. The third-order valence-electron chi connectivity index (χ3n) is 11.9. The number of nitro groups is 2. The van der Waals surface area contributed by atoms with Gasteiger partial charge in [-0.05, 0) is 84.9 Å². The number of ketones is 2. The smallest absolute Gasteiger partial charge is 0.297 e. The van der Waals surface area contributed by atoms with Crippen molar-refractivity contribution in [1.82, 2.24) is 0 Å². The highest BCUT2D eigenvalue weighted by Gasteiger charge is 2.32. The van der Waals surface area contributed by atoms with Crippen molar-refractivity contribution in [2.75, 3.05) is 11.5 Å². The second-order valence-corrected chi connectivity index (χ2v) is 22.5. The fourth-order valence-electron chi connectivity index (χ4n) is 8.19. The number of phenolic OH excluding ortho intramolecular Hbond substituents is 2. The quantitative estimate of drug-likeness (QED) is 0.0165. The van der Waals surface area contributed by atoms with Gasteiger partial charge in [-0.2, -0.15) is 43.9 Å². The minimum atomic E-state index is -5.33. The number of nitro benzene ring substituents is 2. The first-order valence-corrected chi connectivity index (χ1v) is 27.8. The lowest BCUT2D eigenvalue weighted by Crippen LogP contribution is -2.20. The van der Waals surface area contributed by atoms with Crippen LogP contribution in [-0.2, 0) is 40.5 Å². The summed E-state index contributed by atoms with van der Waals surface area (Å²) in [5.41, 5.74) is 5.30. The number of non-ortho nitro benzene ring substituents is 2. The topological polar surface area (TPSA) is 529 Å². The van der Waals surface area contributed by atoms with Gasteiger partial charge in [-0.25, -0.2) is 0 Å². The first-order valence-electron chi connectivity index (χ1n) is 22.0. The van der Waals surface area contributed by atoms with E-state index in [9.17, 15) is 91.9 Å². The van der Waals surface area contributed by atoms with E-state index < -0.39 is 127 Å². The van der Waals surface area contributed by atoms with Gasteiger partial charge in [0, 0.05) is 68.7 Å². The fraction of sp³-hybridized carbons (Fsp3) is 0. The SMILES string of the molecule is Nc1ccc(N=Nc2ccc([N+](=O)[O-])cc2S(=O)(=O)O)c2cc(S(=O)(=O)O)c(N=Nc3ccc4c(c3)C(=O)c3ccc(N=Nc5c(S(=O)(=O)O)cc6c(N=Nc7ccc([N+](=O)[O-])cc7S(=O)(=O)O)ccc(N)c6c5O)cc3C4=O)c(O)c12. The van der Waals surface area contributed by atoms with E-state index in [4.69, 9.17) is 11.5 Å². The molecule has 8 aromatic carbocycles. The summed E-state index contributed by atoms with van der Waals surface area (Å²) < 4.78 is 139. The van der Waals surface area contributed by atoms with Crippen LogP contribution < -0.4 is 11.5 Å². The van der Waals surface area contributed by atoms with Crippen molar-refractivity contribution in [2.45, 2.75) is 19.6 Å². The molecule has 1 aliphatic carbocycles. The molecule has 0 fully saturated rings. The number of azo groups is 4. The summed E-state index contributed by atoms with van der Waals surface area (Å²) in [4.78, 5) is 44.3. The van der Waals surface area contributed by atoms with Crippen molar-refractivity contribution >= 4 is 142 Å². The largest absolute Gasteiger partial charge is 0.505 e. The van der Waals surface area contributed by atoms with Gasteiger partial charge in [0.05, 0.1) is 43.4 Å². The highest BCUT2D eigenvalue weighted by atomic mass is 32.2. The Kier molecular flexibility index (Phi) is 14.0. The molecule has 10 N–H and O–H groups in total. The maximum Gasteiger partial charge on any atom is 0.297 e. The van der Waals surface area contributed by atoms with Crippen molar-refractivity contribution in [2.24, 2.45) is 40.9 Å². The Morgan fingerprint density at radius 3 is 1.05 bits per heavy atom. The van der Waals surface area contributed by atoms with Crippen LogP contribution in [0.2, 0.25) is 0 Å². The van der Waals surface area contributed by atoms with Gasteiger partial charge >= 0.3 is 0 Å². The number of carbonyl (C=O) groups is 2. The number of benzene rings is 8. The molecule has 0 saturated carbocycles. The number of carbonyl (C=O) groups excluding carboxylic acids is 2. The van der Waals surface area contributed by atoms with Crippen LogP contribution in [0.5, 0.6) is 11.5 Å². The molecular formula is C46H28N12O20S4. The Labute approximate surface area is 456 Å². The molecule has 8 aromatic rings. The van der Waals surface area contributed by atoms with Crippen LogP contribution in [0.4, 0.5) is 68.2 Å². The molecule has 0 spiro atoms. The monoisotopic (exact) mass is 1200 g/mol. The van der Waals surface area contributed by atoms with E-state index in [1.54, 1.807) is 0 Å². The summed E-state index contributed by atoms with van der Waals surface area (Å²) in [7, 11) is -20.9. The molecule has 0 saturated heterocycles. The Morgan fingerprint density at radius 1 is 0.390 bits per heavy atom. The molecule has 32 nitrogen and oxygen atoms in total. The standard InChI is InChI=1S/C46H28N12O20S4/c47-29-7-11-31(51-53-33-9-3-21(57(63)64)15-35(33)79(67,68)69)27-17-37(81(73,74)75)41(45(61)39(27)29)55-49-19-1-5-23-25(13-19)44(60)24-6-2-20(14-26(24)43(23)59)50-56-42-38(82(76,77)78)18-28-32(12-8-30(48)40(28)46(42)62)52-54-34-10-4-22(58(65)66)16-36(34)80(70,71)72/h1-18,61-62H,47-48H2,(H,67,68,69)(H,70,71,72)(H,73,74,75)(H,76,77,78). The molecule has 0 radical (unpaired) electrons.